The van der Waals surface area contributed by atoms with E-state index in [1.54, 1.807) is 0 Å². The van der Waals surface area contributed by atoms with Crippen molar-refractivity contribution in [3.8, 4) is 11.1 Å². The Morgan fingerprint density at radius 1 is 0.850 bits per heavy atom. The molecule has 0 bridgehead atoms. The minimum atomic E-state index is -0.337. The Labute approximate surface area is 118 Å². The Kier molecular flexibility index (Phi) is 2.28. The van der Waals surface area contributed by atoms with E-state index in [-0.39, 0.29) is 11.8 Å². The van der Waals surface area contributed by atoms with Gasteiger partial charge in [0, 0.05) is 6.08 Å². The van der Waals surface area contributed by atoms with Gasteiger partial charge < -0.3 is 0 Å². The van der Waals surface area contributed by atoms with Crippen LogP contribution >= 0.6 is 0 Å². The van der Waals surface area contributed by atoms with Crippen molar-refractivity contribution in [2.24, 2.45) is 0 Å². The number of benzene rings is 2. The minimum Gasteiger partial charge on any atom is -0.289 e. The fourth-order valence-corrected chi connectivity index (χ4v) is 4.12. The van der Waals surface area contributed by atoms with Gasteiger partial charge in [0.15, 0.2) is 0 Å². The molecule has 2 aliphatic rings. The van der Waals surface area contributed by atoms with Gasteiger partial charge in [-0.3, -0.25) is 14.9 Å². The summed E-state index contributed by atoms with van der Waals surface area (Å²) < 4.78 is 0. The number of carbonyl (C=O) groups excluding carboxylic acids is 2. The van der Waals surface area contributed by atoms with E-state index in [2.05, 4.69) is 23.5 Å². The summed E-state index contributed by atoms with van der Waals surface area (Å²) in [6.07, 6.45) is 1.39. The molecule has 4 rings (SSSR count). The minimum absolute atomic E-state index is 0.309. The zero-order valence-corrected chi connectivity index (χ0v) is 11.4. The average molecular weight is 275 g/mol. The molecule has 0 saturated carbocycles. The van der Waals surface area contributed by atoms with Gasteiger partial charge >= 0.3 is 0 Å². The van der Waals surface area contributed by atoms with Crippen LogP contribution in [0.25, 0.3) is 16.7 Å². The van der Waals surface area contributed by atoms with Crippen molar-refractivity contribution in [3.63, 3.8) is 0 Å². The van der Waals surface area contributed by atoms with Gasteiger partial charge in [-0.05, 0) is 21.9 Å². The summed E-state index contributed by atoms with van der Waals surface area (Å²) in [6, 6.07) is 14.2. The molecule has 0 fully saturated rings. The maximum Gasteiger partial charge on any atom is 0.258 e. The highest BCUT2D eigenvalue weighted by Gasteiger charge is 2.28. The average Bonchev–Trinajstić information content (AvgIpc) is 2.98. The van der Waals surface area contributed by atoms with Crippen LogP contribution in [0.2, 0.25) is 0 Å². The Morgan fingerprint density at radius 2 is 1.60 bits per heavy atom. The highest BCUT2D eigenvalue weighted by molar-refractivity contribution is 6.73. The van der Waals surface area contributed by atoms with E-state index in [1.165, 1.54) is 22.0 Å². The number of rotatable bonds is 1. The van der Waals surface area contributed by atoms with Crippen LogP contribution in [0.15, 0.2) is 48.5 Å². The van der Waals surface area contributed by atoms with Crippen LogP contribution in [-0.4, -0.2) is 21.3 Å². The first-order valence-corrected chi connectivity index (χ1v) is 7.31. The lowest BCUT2D eigenvalue weighted by atomic mass is 9.94. The van der Waals surface area contributed by atoms with E-state index in [0.29, 0.717) is 15.1 Å². The second-order valence-corrected chi connectivity index (χ2v) is 6.10. The summed E-state index contributed by atoms with van der Waals surface area (Å²) in [5, 5.41) is 4.84. The largest absolute Gasteiger partial charge is 0.289 e. The number of hydrogen-bond acceptors (Lipinski definition) is 2. The topological polar surface area (TPSA) is 46.2 Å². The Balaban J connectivity index is 1.98. The normalized spacial score (nSPS) is 15.7. The van der Waals surface area contributed by atoms with Crippen molar-refractivity contribution in [2.45, 2.75) is 0 Å². The highest BCUT2D eigenvalue weighted by atomic mass is 28.2. The van der Waals surface area contributed by atoms with Crippen LogP contribution in [0.1, 0.15) is 5.56 Å². The molecule has 1 N–H and O–H groups in total. The molecule has 0 aliphatic carbocycles. The second-order valence-electron chi connectivity index (χ2n) is 4.78. The number of imide groups is 1. The smallest absolute Gasteiger partial charge is 0.258 e. The van der Waals surface area contributed by atoms with Gasteiger partial charge in [-0.15, -0.1) is 0 Å². The van der Waals surface area contributed by atoms with E-state index < -0.39 is 0 Å². The van der Waals surface area contributed by atoms with Crippen molar-refractivity contribution in [2.75, 3.05) is 0 Å². The lowest BCUT2D eigenvalue weighted by Gasteiger charge is -2.09. The third-order valence-electron chi connectivity index (χ3n) is 3.58. The number of fused-ring (bicyclic) bond motifs is 3. The molecule has 2 amide bonds. The number of nitrogens with one attached hydrogen (secondary N) is 1. The monoisotopic (exact) mass is 275 g/mol. The zero-order valence-electron chi connectivity index (χ0n) is 10.4. The van der Waals surface area contributed by atoms with E-state index in [4.69, 9.17) is 0 Å². The quantitative estimate of drug-likeness (QED) is 0.515. The van der Waals surface area contributed by atoms with Crippen molar-refractivity contribution in [1.82, 2.24) is 5.32 Å². The fourth-order valence-electron chi connectivity index (χ4n) is 2.74. The summed E-state index contributed by atoms with van der Waals surface area (Å²) in [5.74, 6) is -0.646. The second kappa shape index (κ2) is 4.01. The summed E-state index contributed by atoms with van der Waals surface area (Å²) in [6.45, 7) is 0. The molecule has 0 atom stereocenters. The highest BCUT2D eigenvalue weighted by Crippen LogP contribution is 2.30. The van der Waals surface area contributed by atoms with Gasteiger partial charge in [-0.25, -0.2) is 0 Å². The van der Waals surface area contributed by atoms with Gasteiger partial charge in [-0.2, -0.15) is 0 Å². The molecule has 0 saturated heterocycles. The molecule has 0 unspecified atom stereocenters. The van der Waals surface area contributed by atoms with Crippen molar-refractivity contribution >= 4 is 37.3 Å². The Bertz CT molecular complexity index is 808. The molecule has 0 spiro atoms. The fraction of sp³-hybridized carbons (Fsp3) is 0. The predicted octanol–water partition coefficient (Wildman–Crippen LogP) is 0.362. The molecule has 2 aliphatic heterocycles. The van der Waals surface area contributed by atoms with Gasteiger partial charge in [0.1, 0.15) is 9.52 Å². The van der Waals surface area contributed by atoms with Gasteiger partial charge in [0.2, 0.25) is 0 Å². The van der Waals surface area contributed by atoms with E-state index in [0.717, 1.165) is 11.1 Å². The van der Waals surface area contributed by atoms with Crippen LogP contribution in [0.5, 0.6) is 0 Å². The molecule has 0 aromatic heterocycles. The summed E-state index contributed by atoms with van der Waals surface area (Å²) in [4.78, 5) is 23.3. The van der Waals surface area contributed by atoms with Crippen molar-refractivity contribution < 1.29 is 9.59 Å². The molecule has 2 aromatic rings. The third kappa shape index (κ3) is 1.52. The first-order chi connectivity index (χ1) is 9.74. The Hall–Kier alpha value is -2.46. The molecule has 2 radical (unpaired) electrons. The van der Waals surface area contributed by atoms with Crippen molar-refractivity contribution in [3.05, 3.63) is 54.1 Å². The van der Waals surface area contributed by atoms with Gasteiger partial charge in [-0.1, -0.05) is 47.7 Å². The SMILES string of the molecule is O=C1C=C(c2cccc3c2-c2ccccc2[Si]3)C(=O)N1. The number of hydrogen-bond donors (Lipinski definition) is 1. The van der Waals surface area contributed by atoms with Crippen molar-refractivity contribution in [1.29, 1.82) is 0 Å². The van der Waals surface area contributed by atoms with E-state index in [1.807, 2.05) is 24.3 Å². The summed E-state index contributed by atoms with van der Waals surface area (Å²) in [5.41, 5.74) is 3.58. The lowest BCUT2D eigenvalue weighted by molar-refractivity contribution is -0.123. The summed E-state index contributed by atoms with van der Waals surface area (Å²) >= 11 is 0. The molecule has 4 heteroatoms. The van der Waals surface area contributed by atoms with Crippen LogP contribution in [0.4, 0.5) is 0 Å². The molecule has 2 heterocycles. The number of carbonyl (C=O) groups is 2. The van der Waals surface area contributed by atoms with E-state index >= 15 is 0 Å². The predicted molar refractivity (Wildman–Crippen MR) is 78.0 cm³/mol. The molecular weight excluding hydrogens is 266 g/mol. The maximum absolute atomic E-state index is 11.9. The molecule has 20 heavy (non-hydrogen) atoms. The van der Waals surface area contributed by atoms with Crippen LogP contribution in [0, 0.1) is 0 Å². The molecule has 94 valence electrons. The molecule has 3 nitrogen and oxygen atoms in total. The third-order valence-corrected chi connectivity index (χ3v) is 4.97. The van der Waals surface area contributed by atoms with E-state index in [9.17, 15) is 9.59 Å². The first-order valence-electron chi connectivity index (χ1n) is 6.31. The van der Waals surface area contributed by atoms with Gasteiger partial charge in [0.05, 0.1) is 5.57 Å². The molecule has 2 aromatic carbocycles. The van der Waals surface area contributed by atoms with Gasteiger partial charge in [0.25, 0.3) is 11.8 Å². The maximum atomic E-state index is 11.9. The number of amides is 2. The summed E-state index contributed by atoms with van der Waals surface area (Å²) in [7, 11) is 0.605. The van der Waals surface area contributed by atoms with Crippen LogP contribution in [0.3, 0.4) is 0 Å². The van der Waals surface area contributed by atoms with Crippen LogP contribution < -0.4 is 15.7 Å². The van der Waals surface area contributed by atoms with Crippen LogP contribution in [-0.2, 0) is 9.59 Å². The lowest BCUT2D eigenvalue weighted by Crippen LogP contribution is -2.22. The first kappa shape index (κ1) is 11.4. The standard InChI is InChI=1S/C16H9NO2Si/c18-14-8-11(16(19)17-14)9-5-3-7-13-15(9)10-4-1-2-6-12(10)20-13/h1-8H,(H,17,18,19). The zero-order chi connectivity index (χ0) is 13.7. The Morgan fingerprint density at radius 3 is 2.40 bits per heavy atom. The molecular formula is C16H9NO2Si.